The summed E-state index contributed by atoms with van der Waals surface area (Å²) in [6, 6.07) is 6.51. The number of nitrogens with two attached hydrogens (primary N) is 1. The van der Waals surface area contributed by atoms with Gasteiger partial charge >= 0.3 is 5.97 Å². The molecule has 0 aromatic heterocycles. The number of aromatic carboxylic acids is 1. The fourth-order valence-corrected chi connectivity index (χ4v) is 3.26. The molecular weight excluding hydrogens is 314 g/mol. The summed E-state index contributed by atoms with van der Waals surface area (Å²) in [4.78, 5) is 37.7. The van der Waals surface area contributed by atoms with Crippen molar-refractivity contribution in [2.75, 3.05) is 26.2 Å². The first-order valence-corrected chi connectivity index (χ1v) is 7.68. The number of carbonyl (C=O) groups excluding carboxylic acids is 2. The van der Waals surface area contributed by atoms with Crippen molar-refractivity contribution in [1.29, 1.82) is 0 Å². The molecule has 2 atom stereocenters. The summed E-state index contributed by atoms with van der Waals surface area (Å²) in [5, 5.41) is 8.92. The summed E-state index contributed by atoms with van der Waals surface area (Å²) in [6.45, 7) is 1.73. The molecule has 1 aromatic carbocycles. The highest BCUT2D eigenvalue weighted by molar-refractivity contribution is 5.87. The molecule has 0 spiro atoms. The fraction of sp³-hybridized carbons (Fsp3) is 0.438. The second-order valence-electron chi connectivity index (χ2n) is 6.10. The predicted molar refractivity (Wildman–Crippen MR) is 83.1 cm³/mol. The smallest absolute Gasteiger partial charge is 0.335 e. The van der Waals surface area contributed by atoms with Crippen molar-refractivity contribution in [1.82, 2.24) is 9.80 Å². The maximum absolute atomic E-state index is 12.0. The first-order valence-electron chi connectivity index (χ1n) is 7.68. The van der Waals surface area contributed by atoms with Gasteiger partial charge in [-0.05, 0) is 17.7 Å². The van der Waals surface area contributed by atoms with Crippen molar-refractivity contribution in [2.24, 2.45) is 5.73 Å². The molecule has 8 nitrogen and oxygen atoms in total. The number of benzene rings is 1. The van der Waals surface area contributed by atoms with Crippen LogP contribution in [0.1, 0.15) is 15.9 Å². The third kappa shape index (κ3) is 3.39. The largest absolute Gasteiger partial charge is 0.478 e. The van der Waals surface area contributed by atoms with Gasteiger partial charge in [0.2, 0.25) is 11.8 Å². The van der Waals surface area contributed by atoms with E-state index in [9.17, 15) is 14.4 Å². The summed E-state index contributed by atoms with van der Waals surface area (Å²) in [5.41, 5.74) is 6.45. The first-order chi connectivity index (χ1) is 11.4. The zero-order chi connectivity index (χ0) is 17.3. The van der Waals surface area contributed by atoms with Gasteiger partial charge in [-0.1, -0.05) is 12.1 Å². The minimum Gasteiger partial charge on any atom is -0.478 e. The van der Waals surface area contributed by atoms with Gasteiger partial charge < -0.3 is 20.5 Å². The van der Waals surface area contributed by atoms with Crippen molar-refractivity contribution in [3.8, 4) is 0 Å². The zero-order valence-corrected chi connectivity index (χ0v) is 13.1. The van der Waals surface area contributed by atoms with Crippen molar-refractivity contribution < 1.29 is 24.2 Å². The lowest BCUT2D eigenvalue weighted by atomic mass is 10.1. The molecule has 0 bridgehead atoms. The maximum Gasteiger partial charge on any atom is 0.335 e. The SMILES string of the molecule is NC(=O)CN1C(=O)CO[C@H]2CN(Cc3ccc(C(=O)O)cc3)C[C@H]21. The van der Waals surface area contributed by atoms with Crippen LogP contribution < -0.4 is 5.73 Å². The quantitative estimate of drug-likeness (QED) is 0.735. The molecule has 0 aliphatic carbocycles. The molecule has 2 saturated heterocycles. The number of rotatable bonds is 5. The Morgan fingerprint density at radius 1 is 1.25 bits per heavy atom. The standard InChI is InChI=1S/C16H19N3O5/c17-14(20)8-19-12-6-18(7-13(12)24-9-15(19)21)5-10-1-3-11(4-2-10)16(22)23/h1-4,12-13H,5-9H2,(H2,17,20)(H,22,23)/t12-,13+/m1/s1. The van der Waals surface area contributed by atoms with Crippen molar-refractivity contribution in [3.63, 3.8) is 0 Å². The van der Waals surface area contributed by atoms with Crippen molar-refractivity contribution in [2.45, 2.75) is 18.7 Å². The molecule has 8 heteroatoms. The Kier molecular flexibility index (Phi) is 4.50. The zero-order valence-electron chi connectivity index (χ0n) is 13.1. The summed E-state index contributed by atoms with van der Waals surface area (Å²) in [5.74, 6) is -1.71. The van der Waals surface area contributed by atoms with Crippen LogP contribution in [0, 0.1) is 0 Å². The number of fused-ring (bicyclic) bond motifs is 1. The molecule has 2 amide bonds. The number of nitrogens with zero attached hydrogens (tertiary/aromatic N) is 2. The Bertz CT molecular complexity index is 660. The highest BCUT2D eigenvalue weighted by Gasteiger charge is 2.43. The van der Waals surface area contributed by atoms with Crippen LogP contribution in [-0.4, -0.2) is 71.1 Å². The van der Waals surface area contributed by atoms with E-state index in [1.807, 2.05) is 0 Å². The molecule has 2 fully saturated rings. The van der Waals surface area contributed by atoms with Gasteiger partial charge in [0.1, 0.15) is 6.61 Å². The lowest BCUT2D eigenvalue weighted by Crippen LogP contribution is -2.56. The molecule has 3 N–H and O–H groups in total. The minimum absolute atomic E-state index is 0.0321. The molecule has 128 valence electrons. The molecule has 2 heterocycles. The highest BCUT2D eigenvalue weighted by Crippen LogP contribution is 2.24. The van der Waals surface area contributed by atoms with E-state index in [0.717, 1.165) is 5.56 Å². The lowest BCUT2D eigenvalue weighted by Gasteiger charge is -2.35. The topological polar surface area (TPSA) is 113 Å². The fourth-order valence-electron chi connectivity index (χ4n) is 3.26. The third-order valence-corrected chi connectivity index (χ3v) is 4.39. The monoisotopic (exact) mass is 333 g/mol. The van der Waals surface area contributed by atoms with Crippen LogP contribution in [0.2, 0.25) is 0 Å². The van der Waals surface area contributed by atoms with E-state index in [2.05, 4.69) is 4.90 Å². The molecule has 24 heavy (non-hydrogen) atoms. The number of likely N-dealkylation sites (tertiary alicyclic amines) is 1. The average molecular weight is 333 g/mol. The normalized spacial score (nSPS) is 24.0. The Morgan fingerprint density at radius 2 is 1.96 bits per heavy atom. The molecule has 0 saturated carbocycles. The van der Waals surface area contributed by atoms with Gasteiger partial charge in [-0.3, -0.25) is 14.5 Å². The summed E-state index contributed by atoms with van der Waals surface area (Å²) in [7, 11) is 0. The van der Waals surface area contributed by atoms with Gasteiger partial charge in [0.05, 0.1) is 24.3 Å². The summed E-state index contributed by atoms with van der Waals surface area (Å²) in [6.07, 6.45) is -0.139. The van der Waals surface area contributed by atoms with Crippen LogP contribution in [0.5, 0.6) is 0 Å². The second kappa shape index (κ2) is 6.58. The van der Waals surface area contributed by atoms with E-state index < -0.39 is 11.9 Å². The third-order valence-electron chi connectivity index (χ3n) is 4.39. The number of carbonyl (C=O) groups is 3. The van der Waals surface area contributed by atoms with Crippen LogP contribution in [-0.2, 0) is 20.9 Å². The predicted octanol–water partition coefficient (Wildman–Crippen LogP) is -0.718. The molecular formula is C16H19N3O5. The molecule has 1 aromatic rings. The van der Waals surface area contributed by atoms with Gasteiger partial charge in [-0.25, -0.2) is 4.79 Å². The molecule has 0 radical (unpaired) electrons. The molecule has 2 aliphatic rings. The molecule has 2 aliphatic heterocycles. The number of carboxylic acid groups (broad SMARTS) is 1. The van der Waals surface area contributed by atoms with Crippen molar-refractivity contribution in [3.05, 3.63) is 35.4 Å². The number of primary amides is 1. The Labute approximate surface area is 138 Å². The number of hydrogen-bond donors (Lipinski definition) is 2. The molecule has 3 rings (SSSR count). The van der Waals surface area contributed by atoms with Crippen LogP contribution in [0.15, 0.2) is 24.3 Å². The number of carboxylic acids is 1. The number of hydrogen-bond acceptors (Lipinski definition) is 5. The summed E-state index contributed by atoms with van der Waals surface area (Å²) >= 11 is 0. The first kappa shape index (κ1) is 16.4. The minimum atomic E-state index is -0.956. The number of amides is 2. The van der Waals surface area contributed by atoms with E-state index in [-0.39, 0.29) is 36.8 Å². The number of ether oxygens (including phenoxy) is 1. The van der Waals surface area contributed by atoms with Crippen LogP contribution in [0.25, 0.3) is 0 Å². The van der Waals surface area contributed by atoms with Gasteiger partial charge in [0.25, 0.3) is 0 Å². The lowest BCUT2D eigenvalue weighted by molar-refractivity contribution is -0.155. The Balaban J connectivity index is 1.66. The van der Waals surface area contributed by atoms with E-state index in [0.29, 0.717) is 19.6 Å². The second-order valence-corrected chi connectivity index (χ2v) is 6.10. The van der Waals surface area contributed by atoms with Gasteiger partial charge in [0, 0.05) is 19.6 Å². The van der Waals surface area contributed by atoms with Gasteiger partial charge in [-0.2, -0.15) is 0 Å². The summed E-state index contributed by atoms with van der Waals surface area (Å²) < 4.78 is 5.58. The van der Waals surface area contributed by atoms with E-state index in [4.69, 9.17) is 15.6 Å². The number of morpholine rings is 1. The average Bonchev–Trinajstić information content (AvgIpc) is 2.93. The highest BCUT2D eigenvalue weighted by atomic mass is 16.5. The van der Waals surface area contributed by atoms with E-state index in [1.165, 1.54) is 4.90 Å². The van der Waals surface area contributed by atoms with Crippen molar-refractivity contribution >= 4 is 17.8 Å². The Morgan fingerprint density at radius 3 is 2.58 bits per heavy atom. The Hall–Kier alpha value is -2.45. The van der Waals surface area contributed by atoms with Gasteiger partial charge in [-0.15, -0.1) is 0 Å². The van der Waals surface area contributed by atoms with E-state index in [1.54, 1.807) is 24.3 Å². The van der Waals surface area contributed by atoms with Gasteiger partial charge in [0.15, 0.2) is 0 Å². The maximum atomic E-state index is 12.0. The van der Waals surface area contributed by atoms with Crippen LogP contribution in [0.4, 0.5) is 0 Å². The van der Waals surface area contributed by atoms with Crippen LogP contribution >= 0.6 is 0 Å². The van der Waals surface area contributed by atoms with Crippen LogP contribution in [0.3, 0.4) is 0 Å². The molecule has 0 unspecified atom stereocenters. The van der Waals surface area contributed by atoms with E-state index >= 15 is 0 Å².